The Morgan fingerprint density at radius 3 is 2.65 bits per heavy atom. The molecular weight excluding hydrogens is 292 g/mol. The molecule has 0 unspecified atom stereocenters. The molecule has 3 rings (SSSR count). The number of hydrogen-bond acceptors (Lipinski definition) is 3. The Hall–Kier alpha value is -1.71. The highest BCUT2D eigenvalue weighted by Crippen LogP contribution is 2.32. The average molecular weight is 305 g/mol. The van der Waals surface area contributed by atoms with Gasteiger partial charge in [0.2, 0.25) is 0 Å². The Bertz CT molecular complexity index is 736. The molecule has 0 fully saturated rings. The maximum absolute atomic E-state index is 6.18. The standard InChI is InChI=1S/C16H13ClO2S/c1-18-12-5-3-6-13(9-12)19-10-14-8-11-4-2-7-15(17)16(11)20-14/h2-9H,10H2,1H3. The minimum Gasteiger partial charge on any atom is -0.497 e. The first-order valence-corrected chi connectivity index (χ1v) is 7.39. The molecule has 0 aliphatic heterocycles. The lowest BCUT2D eigenvalue weighted by molar-refractivity contribution is 0.307. The summed E-state index contributed by atoms with van der Waals surface area (Å²) in [6.45, 7) is 0.531. The second kappa shape index (κ2) is 5.73. The molecule has 0 spiro atoms. The summed E-state index contributed by atoms with van der Waals surface area (Å²) in [6.07, 6.45) is 0. The Labute approximate surface area is 126 Å². The molecular formula is C16H13ClO2S. The number of ether oxygens (including phenoxy) is 2. The van der Waals surface area contributed by atoms with Gasteiger partial charge in [-0.1, -0.05) is 29.8 Å². The van der Waals surface area contributed by atoms with E-state index in [1.165, 1.54) is 0 Å². The highest BCUT2D eigenvalue weighted by Gasteiger charge is 2.06. The van der Waals surface area contributed by atoms with Gasteiger partial charge in [-0.2, -0.15) is 0 Å². The van der Waals surface area contributed by atoms with Crippen molar-refractivity contribution in [3.63, 3.8) is 0 Å². The minimum absolute atomic E-state index is 0.531. The number of halogens is 1. The number of fused-ring (bicyclic) bond motifs is 1. The number of methoxy groups -OCH3 is 1. The molecule has 0 aliphatic rings. The number of hydrogen-bond donors (Lipinski definition) is 0. The summed E-state index contributed by atoms with van der Waals surface area (Å²) in [7, 11) is 1.65. The van der Waals surface area contributed by atoms with E-state index in [0.29, 0.717) is 6.61 Å². The molecule has 4 heteroatoms. The van der Waals surface area contributed by atoms with Gasteiger partial charge in [-0.05, 0) is 29.7 Å². The number of thiophene rings is 1. The van der Waals surface area contributed by atoms with E-state index in [9.17, 15) is 0 Å². The van der Waals surface area contributed by atoms with Crippen molar-refractivity contribution >= 4 is 33.0 Å². The van der Waals surface area contributed by atoms with E-state index in [1.807, 2.05) is 36.4 Å². The lowest BCUT2D eigenvalue weighted by atomic mass is 10.2. The van der Waals surface area contributed by atoms with E-state index in [4.69, 9.17) is 21.1 Å². The molecule has 20 heavy (non-hydrogen) atoms. The average Bonchev–Trinajstić information content (AvgIpc) is 2.90. The molecule has 0 radical (unpaired) electrons. The maximum atomic E-state index is 6.18. The van der Waals surface area contributed by atoms with Crippen LogP contribution >= 0.6 is 22.9 Å². The molecule has 0 N–H and O–H groups in total. The van der Waals surface area contributed by atoms with E-state index in [1.54, 1.807) is 18.4 Å². The molecule has 0 saturated heterocycles. The third-order valence-corrected chi connectivity index (χ3v) is 4.55. The Morgan fingerprint density at radius 1 is 1.05 bits per heavy atom. The third-order valence-electron chi connectivity index (χ3n) is 2.97. The van der Waals surface area contributed by atoms with E-state index in [0.717, 1.165) is 31.5 Å². The van der Waals surface area contributed by atoms with Crippen LogP contribution < -0.4 is 9.47 Å². The molecule has 0 saturated carbocycles. The molecule has 1 aromatic heterocycles. The lowest BCUT2D eigenvalue weighted by Gasteiger charge is -2.06. The molecule has 0 aliphatic carbocycles. The molecule has 2 aromatic carbocycles. The normalized spacial score (nSPS) is 10.7. The second-order valence-electron chi connectivity index (χ2n) is 4.34. The van der Waals surface area contributed by atoms with Gasteiger partial charge < -0.3 is 9.47 Å². The van der Waals surface area contributed by atoms with Gasteiger partial charge in [0, 0.05) is 10.9 Å². The van der Waals surface area contributed by atoms with E-state index >= 15 is 0 Å². The Morgan fingerprint density at radius 2 is 1.85 bits per heavy atom. The van der Waals surface area contributed by atoms with Crippen LogP contribution in [0.5, 0.6) is 11.5 Å². The molecule has 0 bridgehead atoms. The summed E-state index contributed by atoms with van der Waals surface area (Å²) in [5.41, 5.74) is 0. The third kappa shape index (κ3) is 2.74. The van der Waals surface area contributed by atoms with Crippen molar-refractivity contribution in [2.75, 3.05) is 7.11 Å². The maximum Gasteiger partial charge on any atom is 0.123 e. The fraction of sp³-hybridized carbons (Fsp3) is 0.125. The van der Waals surface area contributed by atoms with Crippen molar-refractivity contribution in [3.05, 3.63) is 58.4 Å². The Balaban J connectivity index is 1.78. The van der Waals surface area contributed by atoms with Crippen molar-refractivity contribution in [1.82, 2.24) is 0 Å². The predicted molar refractivity (Wildman–Crippen MR) is 84.2 cm³/mol. The van der Waals surface area contributed by atoms with Gasteiger partial charge in [0.15, 0.2) is 0 Å². The molecule has 2 nitrogen and oxygen atoms in total. The Kier molecular flexibility index (Phi) is 3.81. The summed E-state index contributed by atoms with van der Waals surface area (Å²) in [5.74, 6) is 1.59. The van der Waals surface area contributed by atoms with E-state index in [2.05, 4.69) is 12.1 Å². The quantitative estimate of drug-likeness (QED) is 0.664. The van der Waals surface area contributed by atoms with Crippen molar-refractivity contribution < 1.29 is 9.47 Å². The van der Waals surface area contributed by atoms with Crippen molar-refractivity contribution in [3.8, 4) is 11.5 Å². The van der Waals surface area contributed by atoms with Crippen LogP contribution in [0.4, 0.5) is 0 Å². The van der Waals surface area contributed by atoms with Crippen LogP contribution in [0.3, 0.4) is 0 Å². The minimum atomic E-state index is 0.531. The topological polar surface area (TPSA) is 18.5 Å². The first-order valence-electron chi connectivity index (χ1n) is 6.20. The largest absolute Gasteiger partial charge is 0.497 e. The van der Waals surface area contributed by atoms with Gasteiger partial charge in [-0.3, -0.25) is 0 Å². The summed E-state index contributed by atoms with van der Waals surface area (Å²) in [4.78, 5) is 1.15. The van der Waals surface area contributed by atoms with Crippen LogP contribution in [0.2, 0.25) is 5.02 Å². The highest BCUT2D eigenvalue weighted by molar-refractivity contribution is 7.19. The summed E-state index contributed by atoms with van der Waals surface area (Å²) in [5, 5.41) is 1.95. The molecule has 0 atom stereocenters. The first kappa shape index (κ1) is 13.3. The van der Waals surface area contributed by atoms with E-state index in [-0.39, 0.29) is 0 Å². The first-order chi connectivity index (χ1) is 9.76. The van der Waals surface area contributed by atoms with Crippen LogP contribution in [-0.2, 0) is 6.61 Å². The lowest BCUT2D eigenvalue weighted by Crippen LogP contribution is -1.93. The predicted octanol–water partition coefficient (Wildman–Crippen LogP) is 5.14. The van der Waals surface area contributed by atoms with Crippen molar-refractivity contribution in [1.29, 1.82) is 0 Å². The molecule has 3 aromatic rings. The van der Waals surface area contributed by atoms with Gasteiger partial charge in [-0.25, -0.2) is 0 Å². The zero-order valence-electron chi connectivity index (χ0n) is 10.9. The number of benzene rings is 2. The van der Waals surface area contributed by atoms with Crippen molar-refractivity contribution in [2.24, 2.45) is 0 Å². The van der Waals surface area contributed by atoms with E-state index < -0.39 is 0 Å². The van der Waals surface area contributed by atoms with Crippen LogP contribution in [0.1, 0.15) is 4.88 Å². The summed E-state index contributed by atoms with van der Waals surface area (Å²) in [6, 6.07) is 15.7. The van der Waals surface area contributed by atoms with Crippen LogP contribution in [0.25, 0.3) is 10.1 Å². The molecule has 1 heterocycles. The van der Waals surface area contributed by atoms with Gasteiger partial charge in [0.05, 0.1) is 16.8 Å². The zero-order valence-corrected chi connectivity index (χ0v) is 12.5. The fourth-order valence-corrected chi connectivity index (χ4v) is 3.27. The SMILES string of the molecule is COc1cccc(OCc2cc3cccc(Cl)c3s2)c1. The number of rotatable bonds is 4. The zero-order chi connectivity index (χ0) is 13.9. The molecule has 102 valence electrons. The molecule has 0 amide bonds. The van der Waals surface area contributed by atoms with Crippen LogP contribution in [0, 0.1) is 0 Å². The van der Waals surface area contributed by atoms with Gasteiger partial charge in [0.1, 0.15) is 18.1 Å². The fourth-order valence-electron chi connectivity index (χ4n) is 2.00. The summed E-state index contributed by atoms with van der Waals surface area (Å²) < 4.78 is 12.1. The van der Waals surface area contributed by atoms with Gasteiger partial charge in [0.25, 0.3) is 0 Å². The van der Waals surface area contributed by atoms with Crippen LogP contribution in [-0.4, -0.2) is 7.11 Å². The summed E-state index contributed by atoms with van der Waals surface area (Å²) >= 11 is 7.85. The second-order valence-corrected chi connectivity index (χ2v) is 5.88. The highest BCUT2D eigenvalue weighted by atomic mass is 35.5. The van der Waals surface area contributed by atoms with Gasteiger partial charge in [-0.15, -0.1) is 11.3 Å². The van der Waals surface area contributed by atoms with Crippen molar-refractivity contribution in [2.45, 2.75) is 6.61 Å². The van der Waals surface area contributed by atoms with Gasteiger partial charge >= 0.3 is 0 Å². The van der Waals surface area contributed by atoms with Crippen LogP contribution in [0.15, 0.2) is 48.5 Å². The smallest absolute Gasteiger partial charge is 0.123 e. The monoisotopic (exact) mass is 304 g/mol.